The summed E-state index contributed by atoms with van der Waals surface area (Å²) in [7, 11) is -3.57. The van der Waals surface area contributed by atoms with Gasteiger partial charge in [-0.1, -0.05) is 31.5 Å². The Balaban J connectivity index is 1.61. The number of rotatable bonds is 7. The fourth-order valence-corrected chi connectivity index (χ4v) is 4.61. The normalized spacial score (nSPS) is 15.4. The number of aryl methyl sites for hydroxylation is 1. The average molecular weight is 419 g/mol. The first-order valence-electron chi connectivity index (χ1n) is 9.85. The third kappa shape index (κ3) is 5.30. The van der Waals surface area contributed by atoms with E-state index in [4.69, 9.17) is 0 Å². The molecule has 2 aromatic rings. The van der Waals surface area contributed by atoms with E-state index in [1.54, 1.807) is 35.2 Å². The molecule has 0 saturated carbocycles. The maximum absolute atomic E-state index is 12.8. The zero-order valence-electron chi connectivity index (χ0n) is 16.5. The molecular formula is C20H26N4O4S. The first-order valence-corrected chi connectivity index (χ1v) is 11.3. The summed E-state index contributed by atoms with van der Waals surface area (Å²) in [5, 5.41) is 4.20. The Morgan fingerprint density at radius 3 is 2.48 bits per heavy atom. The van der Waals surface area contributed by atoms with E-state index in [1.807, 2.05) is 6.92 Å². The number of nitrogens with one attached hydrogen (secondary N) is 1. The molecule has 1 aliphatic rings. The maximum atomic E-state index is 12.8. The first-order chi connectivity index (χ1) is 13.9. The van der Waals surface area contributed by atoms with Crippen molar-refractivity contribution in [2.75, 3.05) is 13.1 Å². The van der Waals surface area contributed by atoms with Crippen molar-refractivity contribution in [1.29, 1.82) is 0 Å². The first kappa shape index (κ1) is 21.2. The van der Waals surface area contributed by atoms with Crippen molar-refractivity contribution in [3.8, 4) is 0 Å². The fourth-order valence-electron chi connectivity index (χ4n) is 3.28. The van der Waals surface area contributed by atoms with E-state index in [1.165, 1.54) is 16.8 Å². The van der Waals surface area contributed by atoms with E-state index >= 15 is 0 Å². The van der Waals surface area contributed by atoms with Crippen LogP contribution in [0.3, 0.4) is 0 Å². The highest BCUT2D eigenvalue weighted by Gasteiger charge is 2.27. The lowest BCUT2D eigenvalue weighted by Gasteiger charge is -2.32. The summed E-state index contributed by atoms with van der Waals surface area (Å²) in [6, 6.07) is 10.8. The number of benzene rings is 1. The van der Waals surface area contributed by atoms with Crippen molar-refractivity contribution >= 4 is 15.9 Å². The molecule has 0 spiro atoms. The molecule has 3 rings (SSSR count). The molecule has 1 aliphatic heterocycles. The summed E-state index contributed by atoms with van der Waals surface area (Å²) in [4.78, 5) is 26.5. The smallest absolute Gasteiger partial charge is 0.274 e. The predicted octanol–water partition coefficient (Wildman–Crippen LogP) is 1.63. The molecule has 0 atom stereocenters. The van der Waals surface area contributed by atoms with Gasteiger partial charge < -0.3 is 4.90 Å². The lowest BCUT2D eigenvalue weighted by atomic mass is 10.1. The lowest BCUT2D eigenvalue weighted by molar-refractivity contribution is 0.0702. The van der Waals surface area contributed by atoms with Gasteiger partial charge in [-0.15, -0.1) is 0 Å². The number of carbonyl (C=O) groups is 1. The van der Waals surface area contributed by atoms with Gasteiger partial charge in [-0.05, 0) is 37.5 Å². The van der Waals surface area contributed by atoms with Gasteiger partial charge in [0, 0.05) is 31.7 Å². The third-order valence-corrected chi connectivity index (χ3v) is 6.50. The zero-order valence-corrected chi connectivity index (χ0v) is 17.3. The quantitative estimate of drug-likeness (QED) is 0.736. The van der Waals surface area contributed by atoms with E-state index in [0.29, 0.717) is 32.5 Å². The highest BCUT2D eigenvalue weighted by molar-refractivity contribution is 7.89. The highest BCUT2D eigenvalue weighted by Crippen LogP contribution is 2.16. The van der Waals surface area contributed by atoms with Crippen molar-refractivity contribution in [3.63, 3.8) is 0 Å². The Hall–Kier alpha value is -2.52. The zero-order chi connectivity index (χ0) is 20.9. The number of nitrogens with zero attached hydrogens (tertiary/aromatic N) is 3. The summed E-state index contributed by atoms with van der Waals surface area (Å²) in [5.74, 6) is -0.236. The minimum absolute atomic E-state index is 0.218. The Labute approximate surface area is 170 Å². The molecule has 9 heteroatoms. The van der Waals surface area contributed by atoms with Gasteiger partial charge in [0.1, 0.15) is 5.69 Å². The largest absolute Gasteiger partial charge is 0.337 e. The number of amides is 1. The van der Waals surface area contributed by atoms with Crippen LogP contribution in [0, 0.1) is 0 Å². The molecule has 2 heterocycles. The number of piperidine rings is 1. The van der Waals surface area contributed by atoms with E-state index in [-0.39, 0.29) is 28.1 Å². The molecule has 1 aromatic heterocycles. The minimum Gasteiger partial charge on any atom is -0.337 e. The molecule has 1 N–H and O–H groups in total. The van der Waals surface area contributed by atoms with Crippen molar-refractivity contribution in [1.82, 2.24) is 19.4 Å². The summed E-state index contributed by atoms with van der Waals surface area (Å²) >= 11 is 0. The molecule has 156 valence electrons. The van der Waals surface area contributed by atoms with Crippen LogP contribution < -0.4 is 10.3 Å². The van der Waals surface area contributed by atoms with E-state index in [2.05, 4.69) is 9.82 Å². The van der Waals surface area contributed by atoms with Crippen molar-refractivity contribution in [2.45, 2.75) is 50.1 Å². The van der Waals surface area contributed by atoms with Gasteiger partial charge in [0.25, 0.3) is 11.5 Å². The van der Waals surface area contributed by atoms with E-state index in [0.717, 1.165) is 12.8 Å². The Bertz CT molecular complexity index is 997. The van der Waals surface area contributed by atoms with E-state index < -0.39 is 10.0 Å². The standard InChI is InChI=1S/C20H26N4O4S/c1-2-3-13-24-19(25)10-9-18(21-24)20(26)23-14-11-16(12-15-23)22-29(27,28)17-7-5-4-6-8-17/h4-10,16,22H,2-3,11-15H2,1H3. The molecule has 0 bridgehead atoms. The molecular weight excluding hydrogens is 392 g/mol. The van der Waals surface area contributed by atoms with Gasteiger partial charge in [0.05, 0.1) is 4.90 Å². The van der Waals surface area contributed by atoms with Crippen LogP contribution in [-0.4, -0.2) is 48.1 Å². The average Bonchev–Trinajstić information content (AvgIpc) is 2.73. The molecule has 1 saturated heterocycles. The van der Waals surface area contributed by atoms with Crippen molar-refractivity contribution in [3.05, 3.63) is 58.5 Å². The number of sulfonamides is 1. The van der Waals surface area contributed by atoms with Crippen molar-refractivity contribution in [2.24, 2.45) is 0 Å². The van der Waals surface area contributed by atoms with Crippen LogP contribution in [0.15, 0.2) is 52.2 Å². The molecule has 1 amide bonds. The second-order valence-electron chi connectivity index (χ2n) is 7.13. The molecule has 1 aromatic carbocycles. The fraction of sp³-hybridized carbons (Fsp3) is 0.450. The second kappa shape index (κ2) is 9.32. The van der Waals surface area contributed by atoms with Gasteiger partial charge in [-0.2, -0.15) is 5.10 Å². The molecule has 0 radical (unpaired) electrons. The second-order valence-corrected chi connectivity index (χ2v) is 8.85. The summed E-state index contributed by atoms with van der Waals surface area (Å²) in [6.45, 7) is 3.36. The molecule has 0 aliphatic carbocycles. The summed E-state index contributed by atoms with van der Waals surface area (Å²) < 4.78 is 29.0. The number of likely N-dealkylation sites (tertiary alicyclic amines) is 1. The number of unbranched alkanes of at least 4 members (excludes halogenated alkanes) is 1. The Kier molecular flexibility index (Phi) is 6.81. The van der Waals surface area contributed by atoms with Gasteiger partial charge in [-0.3, -0.25) is 9.59 Å². The molecule has 0 unspecified atom stereocenters. The topological polar surface area (TPSA) is 101 Å². The van der Waals surface area contributed by atoms with Crippen LogP contribution in [-0.2, 0) is 16.6 Å². The van der Waals surface area contributed by atoms with Gasteiger partial charge in [-0.25, -0.2) is 17.8 Å². The van der Waals surface area contributed by atoms with Gasteiger partial charge >= 0.3 is 0 Å². The maximum Gasteiger partial charge on any atom is 0.274 e. The van der Waals surface area contributed by atoms with E-state index in [9.17, 15) is 18.0 Å². The third-order valence-electron chi connectivity index (χ3n) is 4.97. The van der Waals surface area contributed by atoms with Crippen LogP contribution in [0.1, 0.15) is 43.1 Å². The number of aromatic nitrogens is 2. The highest BCUT2D eigenvalue weighted by atomic mass is 32.2. The monoisotopic (exact) mass is 418 g/mol. The minimum atomic E-state index is -3.57. The number of hydrogen-bond donors (Lipinski definition) is 1. The Morgan fingerprint density at radius 1 is 1.14 bits per heavy atom. The SMILES string of the molecule is CCCCn1nc(C(=O)N2CCC(NS(=O)(=O)c3ccccc3)CC2)ccc1=O. The van der Waals surface area contributed by atoms with Crippen LogP contribution in [0.4, 0.5) is 0 Å². The molecule has 29 heavy (non-hydrogen) atoms. The van der Waals surface area contributed by atoms with Crippen LogP contribution in [0.25, 0.3) is 0 Å². The molecule has 1 fully saturated rings. The van der Waals surface area contributed by atoms with Gasteiger partial charge in [0.15, 0.2) is 0 Å². The van der Waals surface area contributed by atoms with Crippen molar-refractivity contribution < 1.29 is 13.2 Å². The predicted molar refractivity (Wildman–Crippen MR) is 109 cm³/mol. The van der Waals surface area contributed by atoms with Crippen LogP contribution in [0.2, 0.25) is 0 Å². The number of carbonyl (C=O) groups excluding carboxylic acids is 1. The number of hydrogen-bond acceptors (Lipinski definition) is 5. The summed E-state index contributed by atoms with van der Waals surface area (Å²) in [5.41, 5.74) is 0.0213. The van der Waals surface area contributed by atoms with Crippen LogP contribution >= 0.6 is 0 Å². The van der Waals surface area contributed by atoms with Crippen LogP contribution in [0.5, 0.6) is 0 Å². The Morgan fingerprint density at radius 2 is 1.83 bits per heavy atom. The summed E-state index contributed by atoms with van der Waals surface area (Å²) in [6.07, 6.45) is 2.79. The lowest BCUT2D eigenvalue weighted by Crippen LogP contribution is -2.46. The van der Waals surface area contributed by atoms with Gasteiger partial charge in [0.2, 0.25) is 10.0 Å². The molecule has 8 nitrogen and oxygen atoms in total.